The number of nitrogens with one attached hydrogen (secondary N) is 2. The number of nitrogens with zero attached hydrogens (tertiary/aromatic N) is 3. The zero-order valence-corrected chi connectivity index (χ0v) is 17.6. The summed E-state index contributed by atoms with van der Waals surface area (Å²) in [7, 11) is 5.16. The zero-order chi connectivity index (χ0) is 20.4. The van der Waals surface area contributed by atoms with E-state index in [1.165, 1.54) is 5.56 Å². The number of aliphatic imine (C=N–C) groups is 1. The molecule has 0 radical (unpaired) electrons. The quantitative estimate of drug-likeness (QED) is 0.399. The molecule has 2 atom stereocenters. The van der Waals surface area contributed by atoms with Gasteiger partial charge in [-0.15, -0.1) is 0 Å². The molecule has 2 N–H and O–H groups in total. The van der Waals surface area contributed by atoms with Crippen LogP contribution >= 0.6 is 0 Å². The Morgan fingerprint density at radius 1 is 1.32 bits per heavy atom. The summed E-state index contributed by atoms with van der Waals surface area (Å²) in [5, 5.41) is 6.77. The number of guanidine groups is 1. The van der Waals surface area contributed by atoms with Crippen LogP contribution < -0.4 is 10.6 Å². The summed E-state index contributed by atoms with van der Waals surface area (Å²) in [5.74, 6) is 0.667. The van der Waals surface area contributed by atoms with Crippen molar-refractivity contribution < 1.29 is 9.53 Å². The molecular weight excluding hydrogens is 354 g/mol. The molecule has 7 nitrogen and oxygen atoms in total. The lowest BCUT2D eigenvalue weighted by atomic mass is 9.97. The molecule has 2 unspecified atom stereocenters. The minimum atomic E-state index is -0.0149. The van der Waals surface area contributed by atoms with Crippen LogP contribution in [0, 0.1) is 0 Å². The Kier molecular flexibility index (Phi) is 9.23. The van der Waals surface area contributed by atoms with E-state index in [9.17, 15) is 4.79 Å². The maximum atomic E-state index is 11.9. The van der Waals surface area contributed by atoms with E-state index < -0.39 is 0 Å². The lowest BCUT2D eigenvalue weighted by Gasteiger charge is -2.38. The van der Waals surface area contributed by atoms with Gasteiger partial charge in [0.2, 0.25) is 5.91 Å². The van der Waals surface area contributed by atoms with Crippen LogP contribution in [0.25, 0.3) is 0 Å². The predicted octanol–water partition coefficient (Wildman–Crippen LogP) is 1.31. The van der Waals surface area contributed by atoms with Crippen LogP contribution in [0.1, 0.15) is 25.3 Å². The van der Waals surface area contributed by atoms with Crippen molar-refractivity contribution in [3.63, 3.8) is 0 Å². The number of hydrogen-bond acceptors (Lipinski definition) is 4. The summed E-state index contributed by atoms with van der Waals surface area (Å²) in [4.78, 5) is 20.4. The predicted molar refractivity (Wildman–Crippen MR) is 113 cm³/mol. The lowest BCUT2D eigenvalue weighted by molar-refractivity contribution is -0.127. The number of hydrogen-bond donors (Lipinski definition) is 2. The van der Waals surface area contributed by atoms with Gasteiger partial charge in [-0.3, -0.25) is 9.69 Å². The molecule has 1 aromatic rings. The fourth-order valence-corrected chi connectivity index (χ4v) is 3.31. The van der Waals surface area contributed by atoms with Crippen LogP contribution in [0.2, 0.25) is 0 Å². The first-order valence-corrected chi connectivity index (χ1v) is 10.0. The van der Waals surface area contributed by atoms with Gasteiger partial charge in [-0.1, -0.05) is 30.3 Å². The van der Waals surface area contributed by atoms with Crippen LogP contribution in [0.4, 0.5) is 0 Å². The Balaban J connectivity index is 1.89. The Morgan fingerprint density at radius 2 is 2.07 bits per heavy atom. The second-order valence-corrected chi connectivity index (χ2v) is 7.54. The second kappa shape index (κ2) is 11.7. The van der Waals surface area contributed by atoms with Gasteiger partial charge in [0.1, 0.15) is 6.54 Å². The van der Waals surface area contributed by atoms with Gasteiger partial charge in [0.15, 0.2) is 5.96 Å². The number of carbonyl (C=O) groups excluding carboxylic acids is 1. The average Bonchev–Trinajstić information content (AvgIpc) is 2.68. The molecule has 0 bridgehead atoms. The molecule has 0 aromatic heterocycles. The number of likely N-dealkylation sites (tertiary alicyclic amines) is 1. The maximum Gasteiger partial charge on any atom is 0.243 e. The fourth-order valence-electron chi connectivity index (χ4n) is 3.31. The fraction of sp³-hybridized carbons (Fsp3) is 0.619. The van der Waals surface area contributed by atoms with Gasteiger partial charge >= 0.3 is 0 Å². The molecule has 1 aromatic carbocycles. The minimum absolute atomic E-state index is 0.0149. The number of piperidine rings is 1. The summed E-state index contributed by atoms with van der Waals surface area (Å²) in [6, 6.07) is 11.4. The smallest absolute Gasteiger partial charge is 0.243 e. The van der Waals surface area contributed by atoms with E-state index in [-0.39, 0.29) is 12.5 Å². The molecule has 1 fully saturated rings. The third kappa shape index (κ3) is 7.48. The normalized spacial score (nSPS) is 20.6. The molecule has 1 saturated heterocycles. The van der Waals surface area contributed by atoms with E-state index in [1.807, 2.05) is 0 Å². The Morgan fingerprint density at radius 3 is 2.71 bits per heavy atom. The number of methoxy groups -OCH3 is 1. The van der Waals surface area contributed by atoms with E-state index in [1.54, 1.807) is 26.1 Å². The van der Waals surface area contributed by atoms with Crippen LogP contribution in [0.15, 0.2) is 35.3 Å². The highest BCUT2D eigenvalue weighted by atomic mass is 16.5. The molecule has 7 heteroatoms. The van der Waals surface area contributed by atoms with E-state index in [2.05, 4.69) is 57.8 Å². The number of amides is 1. The summed E-state index contributed by atoms with van der Waals surface area (Å²) in [6.07, 6.45) is 2.09. The topological polar surface area (TPSA) is 69.2 Å². The highest BCUT2D eigenvalue weighted by molar-refractivity contribution is 5.84. The number of likely N-dealkylation sites (N-methyl/N-ethyl adjacent to an activating group) is 1. The number of ether oxygens (including phenoxy) is 1. The molecule has 0 saturated carbocycles. The van der Waals surface area contributed by atoms with Crippen LogP contribution in [-0.4, -0.2) is 81.2 Å². The molecule has 1 aliphatic rings. The van der Waals surface area contributed by atoms with Crippen molar-refractivity contribution in [2.24, 2.45) is 4.99 Å². The van der Waals surface area contributed by atoms with Crippen molar-refractivity contribution in [1.29, 1.82) is 0 Å². The Bertz CT molecular complexity index is 620. The molecule has 1 heterocycles. The van der Waals surface area contributed by atoms with Crippen LogP contribution in [0.3, 0.4) is 0 Å². The molecule has 1 amide bonds. The van der Waals surface area contributed by atoms with Gasteiger partial charge < -0.3 is 20.3 Å². The first kappa shape index (κ1) is 22.2. The molecular formula is C21H35N5O2. The highest BCUT2D eigenvalue weighted by Crippen LogP contribution is 2.19. The Hall–Kier alpha value is -2.12. The van der Waals surface area contributed by atoms with E-state index in [0.29, 0.717) is 31.2 Å². The van der Waals surface area contributed by atoms with Gasteiger partial charge in [0, 0.05) is 52.9 Å². The molecule has 0 spiro atoms. The zero-order valence-electron chi connectivity index (χ0n) is 17.6. The minimum Gasteiger partial charge on any atom is -0.383 e. The van der Waals surface area contributed by atoms with Gasteiger partial charge in [0.05, 0.1) is 6.61 Å². The largest absolute Gasteiger partial charge is 0.383 e. The number of rotatable bonds is 8. The SMILES string of the molecule is COCCNC(=NCC(=O)N(C)C)NC1CCN(Cc2ccccc2)C(C)C1. The van der Waals surface area contributed by atoms with Crippen LogP contribution in [-0.2, 0) is 16.1 Å². The maximum absolute atomic E-state index is 11.9. The molecule has 28 heavy (non-hydrogen) atoms. The van der Waals surface area contributed by atoms with E-state index in [0.717, 1.165) is 25.9 Å². The Labute approximate surface area is 169 Å². The van der Waals surface area contributed by atoms with Gasteiger partial charge in [-0.05, 0) is 25.3 Å². The average molecular weight is 390 g/mol. The number of carbonyl (C=O) groups is 1. The summed E-state index contributed by atoms with van der Waals surface area (Å²) in [5.41, 5.74) is 1.35. The van der Waals surface area contributed by atoms with Crippen molar-refractivity contribution in [3.8, 4) is 0 Å². The van der Waals surface area contributed by atoms with Crippen molar-refractivity contribution in [1.82, 2.24) is 20.4 Å². The monoisotopic (exact) mass is 389 g/mol. The van der Waals surface area contributed by atoms with Crippen LogP contribution in [0.5, 0.6) is 0 Å². The lowest BCUT2D eigenvalue weighted by Crippen LogP contribution is -2.51. The first-order valence-electron chi connectivity index (χ1n) is 10.0. The summed E-state index contributed by atoms with van der Waals surface area (Å²) >= 11 is 0. The second-order valence-electron chi connectivity index (χ2n) is 7.54. The number of benzene rings is 1. The standard InChI is InChI=1S/C21H35N5O2/c1-17-14-19(10-12-26(17)16-18-8-6-5-7-9-18)24-21(22-11-13-28-4)23-15-20(27)25(2)3/h5-9,17,19H,10-16H2,1-4H3,(H2,22,23,24). The van der Waals surface area contributed by atoms with Crippen molar-refractivity contribution in [3.05, 3.63) is 35.9 Å². The van der Waals surface area contributed by atoms with Crippen molar-refractivity contribution in [2.75, 3.05) is 47.4 Å². The van der Waals surface area contributed by atoms with Crippen molar-refractivity contribution >= 4 is 11.9 Å². The summed E-state index contributed by atoms with van der Waals surface area (Å²) in [6.45, 7) is 5.68. The first-order chi connectivity index (χ1) is 13.5. The molecule has 2 rings (SSSR count). The molecule has 156 valence electrons. The van der Waals surface area contributed by atoms with Gasteiger partial charge in [-0.25, -0.2) is 4.99 Å². The van der Waals surface area contributed by atoms with Gasteiger partial charge in [-0.2, -0.15) is 0 Å². The summed E-state index contributed by atoms with van der Waals surface area (Å²) < 4.78 is 5.11. The molecule has 0 aliphatic carbocycles. The molecule has 1 aliphatic heterocycles. The van der Waals surface area contributed by atoms with E-state index in [4.69, 9.17) is 4.74 Å². The third-order valence-electron chi connectivity index (χ3n) is 5.05. The third-order valence-corrected chi connectivity index (χ3v) is 5.05. The van der Waals surface area contributed by atoms with Gasteiger partial charge in [0.25, 0.3) is 0 Å². The van der Waals surface area contributed by atoms with Crippen molar-refractivity contribution in [2.45, 2.75) is 38.4 Å². The highest BCUT2D eigenvalue weighted by Gasteiger charge is 2.26. The van der Waals surface area contributed by atoms with E-state index >= 15 is 0 Å².